The van der Waals surface area contributed by atoms with Crippen LogP contribution in [0.2, 0.25) is 5.02 Å². The van der Waals surface area contributed by atoms with Crippen LogP contribution >= 0.6 is 11.6 Å². The Morgan fingerprint density at radius 2 is 1.86 bits per heavy atom. The Kier molecular flexibility index (Phi) is 7.80. The number of carboxylic acid groups (broad SMARTS) is 1. The van der Waals surface area contributed by atoms with Crippen LogP contribution in [0.1, 0.15) is 30.4 Å². The minimum Gasteiger partial charge on any atom is -0.493 e. The molecule has 2 heterocycles. The van der Waals surface area contributed by atoms with Gasteiger partial charge in [0.25, 0.3) is 0 Å². The Morgan fingerprint density at radius 1 is 1.14 bits per heavy atom. The molecule has 1 fully saturated rings. The summed E-state index contributed by atoms with van der Waals surface area (Å²) >= 11 is 5.94. The van der Waals surface area contributed by atoms with E-state index in [9.17, 15) is 14.7 Å². The molecule has 2 aliphatic rings. The molecule has 0 unspecified atom stereocenters. The molecule has 2 aromatic rings. The highest BCUT2D eigenvalue weighted by Crippen LogP contribution is 2.36. The van der Waals surface area contributed by atoms with Crippen molar-refractivity contribution in [3.63, 3.8) is 0 Å². The SMILES string of the molecule is COc1cc2c(cc1OC)C(C[C@H]1CN(C(=O)Nc3ccc(Cl)cc3)CC[C@H]1CC(=O)O)=NCC2. The molecule has 1 saturated heterocycles. The maximum Gasteiger partial charge on any atom is 0.321 e. The van der Waals surface area contributed by atoms with Gasteiger partial charge in [0.15, 0.2) is 11.5 Å². The van der Waals surface area contributed by atoms with Crippen molar-refractivity contribution in [1.29, 1.82) is 0 Å². The van der Waals surface area contributed by atoms with Crippen molar-refractivity contribution in [2.75, 3.05) is 39.2 Å². The van der Waals surface area contributed by atoms with E-state index in [1.165, 1.54) is 0 Å². The van der Waals surface area contributed by atoms with Gasteiger partial charge in [0, 0.05) is 48.0 Å². The van der Waals surface area contributed by atoms with Gasteiger partial charge in [0.2, 0.25) is 0 Å². The zero-order chi connectivity index (χ0) is 24.9. The van der Waals surface area contributed by atoms with Gasteiger partial charge in [-0.2, -0.15) is 0 Å². The van der Waals surface area contributed by atoms with Crippen molar-refractivity contribution in [3.8, 4) is 11.5 Å². The average Bonchev–Trinajstić information content (AvgIpc) is 2.85. The Balaban J connectivity index is 1.53. The molecule has 2 aromatic carbocycles. The summed E-state index contributed by atoms with van der Waals surface area (Å²) in [6, 6.07) is 10.7. The molecule has 186 valence electrons. The standard InChI is InChI=1S/C26H30ClN3O5/c1-34-23-12-17-7-9-28-22(21(17)14-24(23)35-2)11-18-15-30(10-8-16(18)13-25(31)32)26(33)29-20-5-3-19(27)4-6-20/h3-6,12,14,16,18H,7-11,13,15H2,1-2H3,(H,29,33)(H,31,32)/t16-,18-/m0/s1. The summed E-state index contributed by atoms with van der Waals surface area (Å²) in [6.45, 7) is 1.62. The van der Waals surface area contributed by atoms with Gasteiger partial charge in [-0.25, -0.2) is 4.79 Å². The summed E-state index contributed by atoms with van der Waals surface area (Å²) in [7, 11) is 3.22. The monoisotopic (exact) mass is 499 g/mol. The molecule has 0 aliphatic carbocycles. The molecule has 4 rings (SSSR count). The number of anilines is 1. The second-order valence-corrected chi connectivity index (χ2v) is 9.37. The number of ether oxygens (including phenoxy) is 2. The number of carbonyl (C=O) groups excluding carboxylic acids is 1. The molecular weight excluding hydrogens is 470 g/mol. The van der Waals surface area contributed by atoms with Crippen molar-refractivity contribution in [2.45, 2.75) is 25.7 Å². The van der Waals surface area contributed by atoms with Crippen LogP contribution in [-0.2, 0) is 11.2 Å². The van der Waals surface area contributed by atoms with Crippen molar-refractivity contribution in [2.24, 2.45) is 16.8 Å². The number of halogens is 1. The molecule has 0 spiro atoms. The van der Waals surface area contributed by atoms with Crippen LogP contribution in [0.3, 0.4) is 0 Å². The highest BCUT2D eigenvalue weighted by molar-refractivity contribution is 6.30. The van der Waals surface area contributed by atoms with Gasteiger partial charge < -0.3 is 24.8 Å². The Bertz CT molecular complexity index is 1120. The zero-order valence-electron chi connectivity index (χ0n) is 19.9. The Morgan fingerprint density at radius 3 is 2.54 bits per heavy atom. The number of nitrogens with one attached hydrogen (secondary N) is 1. The number of urea groups is 1. The van der Waals surface area contributed by atoms with Crippen LogP contribution in [0.25, 0.3) is 0 Å². The summed E-state index contributed by atoms with van der Waals surface area (Å²) in [5.74, 6) is 0.417. The zero-order valence-corrected chi connectivity index (χ0v) is 20.7. The van der Waals surface area contributed by atoms with E-state index in [2.05, 4.69) is 5.32 Å². The first-order valence-electron chi connectivity index (χ1n) is 11.7. The molecular formula is C26H30ClN3O5. The fraction of sp³-hybridized carbons (Fsp3) is 0.423. The number of aliphatic carboxylic acids is 1. The van der Waals surface area contributed by atoms with Crippen LogP contribution in [0.4, 0.5) is 10.5 Å². The molecule has 2 atom stereocenters. The van der Waals surface area contributed by atoms with Crippen LogP contribution < -0.4 is 14.8 Å². The number of hydrogen-bond acceptors (Lipinski definition) is 5. The molecule has 9 heteroatoms. The number of likely N-dealkylation sites (tertiary alicyclic amines) is 1. The maximum atomic E-state index is 13.0. The molecule has 2 aliphatic heterocycles. The highest BCUT2D eigenvalue weighted by Gasteiger charge is 2.34. The van der Waals surface area contributed by atoms with E-state index >= 15 is 0 Å². The van der Waals surface area contributed by atoms with Crippen molar-refractivity contribution in [1.82, 2.24) is 4.90 Å². The van der Waals surface area contributed by atoms with Crippen LogP contribution in [0, 0.1) is 11.8 Å². The number of hydrogen-bond donors (Lipinski definition) is 2. The van der Waals surface area contributed by atoms with Gasteiger partial charge in [-0.3, -0.25) is 9.79 Å². The van der Waals surface area contributed by atoms with E-state index in [0.717, 1.165) is 23.3 Å². The lowest BCUT2D eigenvalue weighted by molar-refractivity contribution is -0.138. The lowest BCUT2D eigenvalue weighted by atomic mass is 9.78. The number of benzene rings is 2. The topological polar surface area (TPSA) is 100 Å². The van der Waals surface area contributed by atoms with Crippen molar-refractivity contribution < 1.29 is 24.2 Å². The van der Waals surface area contributed by atoms with Gasteiger partial charge >= 0.3 is 12.0 Å². The smallest absolute Gasteiger partial charge is 0.321 e. The first kappa shape index (κ1) is 24.9. The summed E-state index contributed by atoms with van der Waals surface area (Å²) < 4.78 is 11.0. The van der Waals surface area contributed by atoms with Gasteiger partial charge in [-0.1, -0.05) is 11.6 Å². The summed E-state index contributed by atoms with van der Waals surface area (Å²) in [4.78, 5) is 31.1. The number of methoxy groups -OCH3 is 2. The Labute approximate surface area is 209 Å². The number of amides is 2. The third-order valence-electron chi connectivity index (χ3n) is 6.77. The maximum absolute atomic E-state index is 13.0. The number of rotatable bonds is 7. The second kappa shape index (κ2) is 11.0. The molecule has 2 N–H and O–H groups in total. The largest absolute Gasteiger partial charge is 0.493 e. The van der Waals surface area contributed by atoms with Crippen molar-refractivity contribution in [3.05, 3.63) is 52.5 Å². The lowest BCUT2D eigenvalue weighted by Crippen LogP contribution is -2.46. The number of nitrogens with zero attached hydrogens (tertiary/aromatic N) is 2. The van der Waals surface area contributed by atoms with E-state index in [0.29, 0.717) is 54.7 Å². The Hall–Kier alpha value is -3.26. The van der Waals surface area contributed by atoms with Gasteiger partial charge in [0.1, 0.15) is 0 Å². The fourth-order valence-electron chi connectivity index (χ4n) is 4.94. The number of carboxylic acids is 1. The average molecular weight is 500 g/mol. The summed E-state index contributed by atoms with van der Waals surface area (Å²) in [5, 5.41) is 13.0. The number of aliphatic imine (C=N–C) groups is 1. The minimum absolute atomic E-state index is 0.0337. The molecule has 8 nitrogen and oxygen atoms in total. The van der Waals surface area contributed by atoms with Crippen LogP contribution in [0.5, 0.6) is 11.5 Å². The third kappa shape index (κ3) is 5.88. The van der Waals surface area contributed by atoms with Crippen LogP contribution in [0.15, 0.2) is 41.4 Å². The van der Waals surface area contributed by atoms with Gasteiger partial charge in [-0.05, 0) is 73.1 Å². The first-order chi connectivity index (χ1) is 16.9. The lowest BCUT2D eigenvalue weighted by Gasteiger charge is -2.38. The predicted molar refractivity (Wildman–Crippen MR) is 135 cm³/mol. The van der Waals surface area contributed by atoms with E-state index in [1.807, 2.05) is 12.1 Å². The number of piperidine rings is 1. The number of fused-ring (bicyclic) bond motifs is 1. The van der Waals surface area contributed by atoms with E-state index < -0.39 is 5.97 Å². The van der Waals surface area contributed by atoms with E-state index in [4.69, 9.17) is 26.1 Å². The third-order valence-corrected chi connectivity index (χ3v) is 7.02. The number of carbonyl (C=O) groups is 2. The highest BCUT2D eigenvalue weighted by atomic mass is 35.5. The predicted octanol–water partition coefficient (Wildman–Crippen LogP) is 4.74. The van der Waals surface area contributed by atoms with Crippen LogP contribution in [-0.4, -0.2) is 61.6 Å². The van der Waals surface area contributed by atoms with Gasteiger partial charge in [-0.15, -0.1) is 0 Å². The summed E-state index contributed by atoms with van der Waals surface area (Å²) in [5.41, 5.74) is 3.73. The van der Waals surface area contributed by atoms with Gasteiger partial charge in [0.05, 0.1) is 14.2 Å². The normalized spacial score (nSPS) is 19.4. The molecule has 35 heavy (non-hydrogen) atoms. The molecule has 2 amide bonds. The molecule has 0 bridgehead atoms. The molecule has 0 aromatic heterocycles. The molecule has 0 radical (unpaired) electrons. The van der Waals surface area contributed by atoms with E-state index in [-0.39, 0.29) is 24.3 Å². The first-order valence-corrected chi connectivity index (χ1v) is 12.1. The van der Waals surface area contributed by atoms with E-state index in [1.54, 1.807) is 43.4 Å². The summed E-state index contributed by atoms with van der Waals surface area (Å²) in [6.07, 6.45) is 2.09. The quantitative estimate of drug-likeness (QED) is 0.573. The fourth-order valence-corrected chi connectivity index (χ4v) is 5.07. The molecule has 0 saturated carbocycles. The van der Waals surface area contributed by atoms with Crippen molar-refractivity contribution >= 4 is 35.0 Å². The minimum atomic E-state index is -0.823. The second-order valence-electron chi connectivity index (χ2n) is 8.94.